The lowest BCUT2D eigenvalue weighted by Gasteiger charge is -2.32. The molecule has 0 rings (SSSR count). The molecule has 15 heavy (non-hydrogen) atoms. The Morgan fingerprint density at radius 1 is 0.733 bits per heavy atom. The second-order valence-corrected chi connectivity index (χ2v) is 5.94. The van der Waals surface area contributed by atoms with E-state index in [1.54, 1.807) is 0 Å². The summed E-state index contributed by atoms with van der Waals surface area (Å²) in [5.41, 5.74) is 0. The summed E-state index contributed by atoms with van der Waals surface area (Å²) in [4.78, 5) is 0. The Labute approximate surface area is 97.8 Å². The average Bonchev–Trinajstić information content (AvgIpc) is 2.22. The lowest BCUT2D eigenvalue weighted by Crippen LogP contribution is -2.25. The molecule has 4 atom stereocenters. The first-order valence-electron chi connectivity index (χ1n) is 6.91. The Kier molecular flexibility index (Phi) is 7.30. The van der Waals surface area contributed by atoms with E-state index in [1.165, 1.54) is 19.3 Å². The summed E-state index contributed by atoms with van der Waals surface area (Å²) < 4.78 is 0. The van der Waals surface area contributed by atoms with Gasteiger partial charge in [-0.15, -0.1) is 0 Å². The molecular weight excluding hydrogens is 180 g/mol. The van der Waals surface area contributed by atoms with Crippen LogP contribution in [0.15, 0.2) is 0 Å². The van der Waals surface area contributed by atoms with Gasteiger partial charge in [0.25, 0.3) is 0 Å². The summed E-state index contributed by atoms with van der Waals surface area (Å²) >= 11 is 0. The fourth-order valence-corrected chi connectivity index (χ4v) is 2.39. The van der Waals surface area contributed by atoms with E-state index >= 15 is 0 Å². The molecule has 0 saturated heterocycles. The van der Waals surface area contributed by atoms with Crippen LogP contribution in [0.3, 0.4) is 0 Å². The second kappa shape index (κ2) is 7.30. The minimum Gasteiger partial charge on any atom is -0.0654 e. The first kappa shape index (κ1) is 15.0. The van der Waals surface area contributed by atoms with Crippen molar-refractivity contribution in [3.63, 3.8) is 0 Å². The highest BCUT2D eigenvalue weighted by molar-refractivity contribution is 4.74. The molecule has 0 aliphatic rings. The molecule has 0 spiro atoms. The van der Waals surface area contributed by atoms with Gasteiger partial charge >= 0.3 is 0 Å². The third-order valence-corrected chi connectivity index (χ3v) is 4.62. The van der Waals surface area contributed by atoms with Gasteiger partial charge in [0.2, 0.25) is 0 Å². The number of unbranched alkanes of at least 4 members (excludes halogenated alkanes) is 1. The van der Waals surface area contributed by atoms with Gasteiger partial charge in [0.05, 0.1) is 0 Å². The van der Waals surface area contributed by atoms with E-state index in [1.807, 2.05) is 0 Å². The molecule has 0 radical (unpaired) electrons. The average molecular weight is 212 g/mol. The normalized spacial score (nSPS) is 20.0. The van der Waals surface area contributed by atoms with E-state index in [9.17, 15) is 0 Å². The Hall–Kier alpha value is 0. The van der Waals surface area contributed by atoms with Gasteiger partial charge in [0.1, 0.15) is 0 Å². The quantitative estimate of drug-likeness (QED) is 0.531. The van der Waals surface area contributed by atoms with Crippen LogP contribution in [-0.4, -0.2) is 0 Å². The zero-order chi connectivity index (χ0) is 12.0. The molecular formula is C15H32. The minimum atomic E-state index is 0.820. The predicted octanol–water partition coefficient (Wildman–Crippen LogP) is 5.38. The van der Waals surface area contributed by atoms with Gasteiger partial charge in [0, 0.05) is 0 Å². The zero-order valence-electron chi connectivity index (χ0n) is 12.0. The van der Waals surface area contributed by atoms with Crippen molar-refractivity contribution < 1.29 is 0 Å². The van der Waals surface area contributed by atoms with Crippen molar-refractivity contribution in [2.45, 2.75) is 67.7 Å². The van der Waals surface area contributed by atoms with E-state index in [2.05, 4.69) is 48.5 Å². The lowest BCUT2D eigenvalue weighted by atomic mass is 9.73. The van der Waals surface area contributed by atoms with Crippen molar-refractivity contribution in [3.8, 4) is 0 Å². The highest BCUT2D eigenvalue weighted by Gasteiger charge is 2.24. The van der Waals surface area contributed by atoms with E-state index in [0.717, 1.165) is 29.6 Å². The molecule has 0 fully saturated rings. The molecule has 0 aromatic carbocycles. The zero-order valence-corrected chi connectivity index (χ0v) is 12.0. The molecule has 92 valence electrons. The van der Waals surface area contributed by atoms with E-state index in [0.29, 0.717) is 0 Å². The first-order valence-corrected chi connectivity index (χ1v) is 6.91. The summed E-state index contributed by atoms with van der Waals surface area (Å²) in [5.74, 6) is 4.29. The largest absolute Gasteiger partial charge is 0.0654 e. The molecule has 0 nitrogen and oxygen atoms in total. The maximum atomic E-state index is 2.45. The van der Waals surface area contributed by atoms with Gasteiger partial charge in [-0.25, -0.2) is 0 Å². The summed E-state index contributed by atoms with van der Waals surface area (Å²) in [6.45, 7) is 16.7. The summed E-state index contributed by atoms with van der Waals surface area (Å²) in [5, 5.41) is 0. The van der Waals surface area contributed by atoms with Crippen LogP contribution >= 0.6 is 0 Å². The Morgan fingerprint density at radius 2 is 1.27 bits per heavy atom. The van der Waals surface area contributed by atoms with E-state index < -0.39 is 0 Å². The highest BCUT2D eigenvalue weighted by atomic mass is 14.3. The molecule has 0 aliphatic heterocycles. The van der Waals surface area contributed by atoms with Gasteiger partial charge in [-0.05, 0) is 29.6 Å². The molecule has 0 aliphatic carbocycles. The van der Waals surface area contributed by atoms with Crippen LogP contribution in [0.5, 0.6) is 0 Å². The van der Waals surface area contributed by atoms with E-state index in [-0.39, 0.29) is 0 Å². The van der Waals surface area contributed by atoms with Crippen LogP contribution in [0, 0.1) is 29.6 Å². The fraction of sp³-hybridized carbons (Fsp3) is 1.00. The first-order chi connectivity index (χ1) is 6.91. The van der Waals surface area contributed by atoms with Crippen LogP contribution in [0.25, 0.3) is 0 Å². The fourth-order valence-electron chi connectivity index (χ4n) is 2.39. The third-order valence-electron chi connectivity index (χ3n) is 4.62. The van der Waals surface area contributed by atoms with Crippen LogP contribution in [0.2, 0.25) is 0 Å². The number of rotatable bonds is 7. The standard InChI is InChI=1S/C15H32/c1-8-9-10-12(4)14(6)15(7)13(5)11(2)3/h11-15H,8-10H2,1-7H3. The van der Waals surface area contributed by atoms with Crippen molar-refractivity contribution in [1.82, 2.24) is 0 Å². The van der Waals surface area contributed by atoms with Gasteiger partial charge < -0.3 is 0 Å². The highest BCUT2D eigenvalue weighted by Crippen LogP contribution is 2.32. The summed E-state index contributed by atoms with van der Waals surface area (Å²) in [6.07, 6.45) is 4.15. The summed E-state index contributed by atoms with van der Waals surface area (Å²) in [7, 11) is 0. The van der Waals surface area contributed by atoms with Crippen molar-refractivity contribution in [2.75, 3.05) is 0 Å². The predicted molar refractivity (Wildman–Crippen MR) is 71.0 cm³/mol. The molecule has 0 amide bonds. The number of hydrogen-bond acceptors (Lipinski definition) is 0. The molecule has 0 N–H and O–H groups in total. The van der Waals surface area contributed by atoms with Crippen molar-refractivity contribution >= 4 is 0 Å². The van der Waals surface area contributed by atoms with Gasteiger partial charge in [-0.1, -0.05) is 67.7 Å². The molecule has 0 bridgehead atoms. The monoisotopic (exact) mass is 212 g/mol. The third kappa shape index (κ3) is 5.04. The van der Waals surface area contributed by atoms with Crippen molar-refractivity contribution in [3.05, 3.63) is 0 Å². The molecule has 0 heteroatoms. The van der Waals surface area contributed by atoms with Crippen LogP contribution < -0.4 is 0 Å². The van der Waals surface area contributed by atoms with Crippen molar-refractivity contribution in [1.29, 1.82) is 0 Å². The van der Waals surface area contributed by atoms with Gasteiger partial charge in [-0.3, -0.25) is 0 Å². The molecule has 4 unspecified atom stereocenters. The van der Waals surface area contributed by atoms with Crippen LogP contribution in [-0.2, 0) is 0 Å². The lowest BCUT2D eigenvalue weighted by molar-refractivity contribution is 0.169. The molecule has 0 aromatic rings. The second-order valence-electron chi connectivity index (χ2n) is 5.94. The van der Waals surface area contributed by atoms with Crippen LogP contribution in [0.1, 0.15) is 67.7 Å². The Morgan fingerprint density at radius 3 is 1.67 bits per heavy atom. The van der Waals surface area contributed by atoms with Gasteiger partial charge in [-0.2, -0.15) is 0 Å². The number of hydrogen-bond donors (Lipinski definition) is 0. The molecule has 0 saturated carbocycles. The smallest absolute Gasteiger partial charge is 0.0386 e. The van der Waals surface area contributed by atoms with Crippen LogP contribution in [0.4, 0.5) is 0 Å². The summed E-state index contributed by atoms with van der Waals surface area (Å²) in [6, 6.07) is 0. The maximum absolute atomic E-state index is 2.45. The minimum absolute atomic E-state index is 0.820. The topological polar surface area (TPSA) is 0 Å². The Bertz CT molecular complexity index is 148. The molecule has 0 aromatic heterocycles. The van der Waals surface area contributed by atoms with E-state index in [4.69, 9.17) is 0 Å². The maximum Gasteiger partial charge on any atom is -0.0386 e. The van der Waals surface area contributed by atoms with Crippen molar-refractivity contribution in [2.24, 2.45) is 29.6 Å². The Balaban J connectivity index is 4.11. The van der Waals surface area contributed by atoms with Gasteiger partial charge in [0.15, 0.2) is 0 Å². The SMILES string of the molecule is CCCCC(C)C(C)C(C)C(C)C(C)C. The molecule has 0 heterocycles.